The predicted molar refractivity (Wildman–Crippen MR) is 68.2 cm³/mol. The third-order valence-corrected chi connectivity index (χ3v) is 3.73. The van der Waals surface area contributed by atoms with Crippen LogP contribution in [0.3, 0.4) is 0 Å². The Hall–Kier alpha value is -1.43. The molecule has 1 N–H and O–H groups in total. The van der Waals surface area contributed by atoms with Crippen LogP contribution in [0, 0.1) is 0 Å². The average Bonchev–Trinajstić information content (AvgIpc) is 2.91. The zero-order valence-corrected chi connectivity index (χ0v) is 11.3. The number of piperidine rings is 1. The number of hydrogen-bond acceptors (Lipinski definition) is 4. The number of hydrogen-bond donors (Lipinski definition) is 1. The van der Waals surface area contributed by atoms with Crippen LogP contribution >= 0.6 is 0 Å². The van der Waals surface area contributed by atoms with Gasteiger partial charge in [-0.25, -0.2) is 0 Å². The van der Waals surface area contributed by atoms with Crippen molar-refractivity contribution in [2.75, 3.05) is 20.1 Å². The van der Waals surface area contributed by atoms with Gasteiger partial charge < -0.3 is 9.80 Å². The highest BCUT2D eigenvalue weighted by Gasteiger charge is 2.27. The van der Waals surface area contributed by atoms with Gasteiger partial charge in [-0.2, -0.15) is 15.4 Å². The molecule has 1 aliphatic rings. The number of rotatable bonds is 3. The molecule has 1 amide bonds. The van der Waals surface area contributed by atoms with Crippen LogP contribution in [0.5, 0.6) is 0 Å². The van der Waals surface area contributed by atoms with E-state index >= 15 is 0 Å². The summed E-state index contributed by atoms with van der Waals surface area (Å²) in [5.41, 5.74) is 0.392. The lowest BCUT2D eigenvalue weighted by Crippen LogP contribution is -2.47. The van der Waals surface area contributed by atoms with E-state index in [0.717, 1.165) is 25.9 Å². The average molecular weight is 251 g/mol. The van der Waals surface area contributed by atoms with Crippen molar-refractivity contribution in [1.29, 1.82) is 0 Å². The fraction of sp³-hybridized carbons (Fsp3) is 0.750. The minimum absolute atomic E-state index is 0.0493. The topological polar surface area (TPSA) is 65.1 Å². The Morgan fingerprint density at radius 2 is 2.17 bits per heavy atom. The molecule has 2 heterocycles. The number of carbonyl (C=O) groups excluding carboxylic acids is 1. The highest BCUT2D eigenvalue weighted by molar-refractivity contribution is 5.91. The van der Waals surface area contributed by atoms with Gasteiger partial charge in [0.05, 0.1) is 6.20 Å². The van der Waals surface area contributed by atoms with E-state index in [1.165, 1.54) is 6.20 Å². The third-order valence-electron chi connectivity index (χ3n) is 3.73. The minimum atomic E-state index is -0.0493. The zero-order chi connectivity index (χ0) is 13.1. The molecule has 1 saturated heterocycles. The maximum absolute atomic E-state index is 12.1. The number of aromatic amines is 1. The smallest absolute Gasteiger partial charge is 0.276 e. The molecule has 6 nitrogen and oxygen atoms in total. The van der Waals surface area contributed by atoms with Crippen molar-refractivity contribution in [2.24, 2.45) is 0 Å². The van der Waals surface area contributed by atoms with Crippen molar-refractivity contribution >= 4 is 5.91 Å². The molecule has 1 aliphatic heterocycles. The number of nitrogens with zero attached hydrogens (tertiary/aromatic N) is 4. The Morgan fingerprint density at radius 1 is 1.50 bits per heavy atom. The van der Waals surface area contributed by atoms with Crippen molar-refractivity contribution < 1.29 is 4.79 Å². The summed E-state index contributed by atoms with van der Waals surface area (Å²) in [5, 5.41) is 9.99. The maximum Gasteiger partial charge on any atom is 0.276 e. The second-order valence-corrected chi connectivity index (χ2v) is 5.13. The monoisotopic (exact) mass is 251 g/mol. The first-order chi connectivity index (χ1) is 8.59. The van der Waals surface area contributed by atoms with Gasteiger partial charge >= 0.3 is 0 Å². The fourth-order valence-corrected chi connectivity index (χ4v) is 2.44. The number of likely N-dealkylation sites (tertiary alicyclic amines) is 1. The Kier molecular flexibility index (Phi) is 3.96. The van der Waals surface area contributed by atoms with Crippen LogP contribution in [0.1, 0.15) is 37.2 Å². The molecule has 1 aromatic heterocycles. The molecule has 0 aliphatic carbocycles. The Morgan fingerprint density at radius 3 is 2.67 bits per heavy atom. The summed E-state index contributed by atoms with van der Waals surface area (Å²) in [5.74, 6) is -0.0493. The van der Waals surface area contributed by atoms with Crippen molar-refractivity contribution in [3.8, 4) is 0 Å². The first-order valence-electron chi connectivity index (χ1n) is 6.46. The summed E-state index contributed by atoms with van der Waals surface area (Å²) in [6.45, 7) is 6.53. The van der Waals surface area contributed by atoms with E-state index in [-0.39, 0.29) is 5.91 Å². The minimum Gasteiger partial charge on any atom is -0.337 e. The van der Waals surface area contributed by atoms with Crippen LogP contribution in [0.4, 0.5) is 0 Å². The highest BCUT2D eigenvalue weighted by Crippen LogP contribution is 2.18. The van der Waals surface area contributed by atoms with Gasteiger partial charge in [-0.05, 0) is 26.7 Å². The van der Waals surface area contributed by atoms with Crippen LogP contribution < -0.4 is 0 Å². The molecule has 0 unspecified atom stereocenters. The lowest BCUT2D eigenvalue weighted by Gasteiger charge is -2.38. The van der Waals surface area contributed by atoms with E-state index in [9.17, 15) is 4.79 Å². The van der Waals surface area contributed by atoms with Crippen LogP contribution in [0.25, 0.3) is 0 Å². The van der Waals surface area contributed by atoms with E-state index in [2.05, 4.69) is 34.2 Å². The van der Waals surface area contributed by atoms with Crippen LogP contribution in [-0.4, -0.2) is 63.3 Å². The van der Waals surface area contributed by atoms with Gasteiger partial charge in [0.1, 0.15) is 0 Å². The van der Waals surface area contributed by atoms with E-state index in [0.29, 0.717) is 17.8 Å². The second kappa shape index (κ2) is 5.48. The van der Waals surface area contributed by atoms with Crippen LogP contribution in [-0.2, 0) is 0 Å². The summed E-state index contributed by atoms with van der Waals surface area (Å²) in [4.78, 5) is 16.4. The molecule has 0 saturated carbocycles. The number of aromatic nitrogens is 3. The predicted octanol–water partition coefficient (Wildman–Crippen LogP) is 0.749. The normalized spacial score (nSPS) is 18.2. The summed E-state index contributed by atoms with van der Waals surface area (Å²) >= 11 is 0. The molecule has 0 bridgehead atoms. The molecule has 0 radical (unpaired) electrons. The van der Waals surface area contributed by atoms with Gasteiger partial charge in [0.2, 0.25) is 0 Å². The van der Waals surface area contributed by atoms with Crippen molar-refractivity contribution in [2.45, 2.75) is 38.8 Å². The highest BCUT2D eigenvalue weighted by atomic mass is 16.2. The van der Waals surface area contributed by atoms with Gasteiger partial charge in [0.25, 0.3) is 5.91 Å². The third kappa shape index (κ3) is 2.69. The van der Waals surface area contributed by atoms with Crippen molar-refractivity contribution in [3.63, 3.8) is 0 Å². The lowest BCUT2D eigenvalue weighted by atomic mass is 10.0. The summed E-state index contributed by atoms with van der Waals surface area (Å²) in [6.07, 6.45) is 3.53. The Bertz CT molecular complexity index is 381. The Balaban J connectivity index is 1.91. The van der Waals surface area contributed by atoms with E-state index in [4.69, 9.17) is 0 Å². The first kappa shape index (κ1) is 13.0. The maximum atomic E-state index is 12.1. The summed E-state index contributed by atoms with van der Waals surface area (Å²) < 4.78 is 0. The number of nitrogens with one attached hydrogen (secondary N) is 1. The molecule has 18 heavy (non-hydrogen) atoms. The van der Waals surface area contributed by atoms with Gasteiger partial charge in [-0.3, -0.25) is 4.79 Å². The molecule has 0 aromatic carbocycles. The van der Waals surface area contributed by atoms with Crippen LogP contribution in [0.2, 0.25) is 0 Å². The van der Waals surface area contributed by atoms with Gasteiger partial charge in [-0.15, -0.1) is 0 Å². The van der Waals surface area contributed by atoms with E-state index < -0.39 is 0 Å². The lowest BCUT2D eigenvalue weighted by molar-refractivity contribution is 0.0610. The fourth-order valence-electron chi connectivity index (χ4n) is 2.44. The first-order valence-corrected chi connectivity index (χ1v) is 6.46. The number of carbonyl (C=O) groups is 1. The molecule has 100 valence electrons. The summed E-state index contributed by atoms with van der Waals surface area (Å²) in [6, 6.07) is 0.895. The van der Waals surface area contributed by atoms with Gasteiger partial charge in [0, 0.05) is 32.2 Å². The largest absolute Gasteiger partial charge is 0.337 e. The molecule has 1 fully saturated rings. The van der Waals surface area contributed by atoms with Gasteiger partial charge in [0.15, 0.2) is 5.69 Å². The van der Waals surface area contributed by atoms with Gasteiger partial charge in [-0.1, -0.05) is 0 Å². The molecular weight excluding hydrogens is 230 g/mol. The SMILES string of the molecule is CC(C)N1CCC(N(C)C(=O)c2cn[nH]n2)CC1. The molecular formula is C12H21N5O. The molecule has 6 heteroatoms. The summed E-state index contributed by atoms with van der Waals surface area (Å²) in [7, 11) is 1.85. The van der Waals surface area contributed by atoms with E-state index in [1.807, 2.05) is 7.05 Å². The Labute approximate surface area is 107 Å². The standard InChI is InChI=1S/C12H21N5O/c1-9(2)17-6-4-10(5-7-17)16(3)12(18)11-8-13-15-14-11/h8-10H,4-7H2,1-3H3,(H,13,14,15). The van der Waals surface area contributed by atoms with E-state index in [1.54, 1.807) is 4.90 Å². The number of H-pyrrole nitrogens is 1. The van der Waals surface area contributed by atoms with Crippen molar-refractivity contribution in [3.05, 3.63) is 11.9 Å². The van der Waals surface area contributed by atoms with Crippen molar-refractivity contribution in [1.82, 2.24) is 25.2 Å². The molecule has 0 spiro atoms. The second-order valence-electron chi connectivity index (χ2n) is 5.13. The van der Waals surface area contributed by atoms with Crippen LogP contribution in [0.15, 0.2) is 6.20 Å². The zero-order valence-electron chi connectivity index (χ0n) is 11.3. The molecule has 0 atom stereocenters. The molecule has 1 aromatic rings. The quantitative estimate of drug-likeness (QED) is 0.861. The molecule has 2 rings (SSSR count). The number of amides is 1.